The Hall–Kier alpha value is -14.1. The molecular formula is C88H90O36. The number of benzene rings is 6. The monoisotopic (exact) mass is 1720 g/mol. The normalized spacial score (nSPS) is 17.1. The van der Waals surface area contributed by atoms with Gasteiger partial charge in [0.1, 0.15) is 53.2 Å². The van der Waals surface area contributed by atoms with Crippen molar-refractivity contribution >= 4 is 84.3 Å². The summed E-state index contributed by atoms with van der Waals surface area (Å²) in [6.07, 6.45) is -0.778. The maximum Gasteiger partial charge on any atom is 0.513 e. The average molecular weight is 1720 g/mol. The molecule has 0 N–H and O–H groups in total. The van der Waals surface area contributed by atoms with Gasteiger partial charge in [-0.1, -0.05) is 44.0 Å². The highest BCUT2D eigenvalue weighted by Gasteiger charge is 2.53. The van der Waals surface area contributed by atoms with Crippen molar-refractivity contribution < 1.29 is 171 Å². The van der Waals surface area contributed by atoms with Crippen molar-refractivity contribution in [3.05, 3.63) is 235 Å². The highest BCUT2D eigenvalue weighted by Crippen LogP contribution is 2.34. The molecule has 0 radical (unpaired) electrons. The molecular weight excluding hydrogens is 1630 g/mol. The molecule has 6 aromatic rings. The molecule has 0 spiro atoms. The van der Waals surface area contributed by atoms with E-state index >= 15 is 0 Å². The van der Waals surface area contributed by atoms with E-state index in [9.17, 15) is 67.1 Å². The Morgan fingerprint density at radius 3 is 0.685 bits per heavy atom. The van der Waals surface area contributed by atoms with Crippen molar-refractivity contribution in [1.29, 1.82) is 0 Å². The fourth-order valence-corrected chi connectivity index (χ4v) is 11.2. The van der Waals surface area contributed by atoms with Crippen LogP contribution in [0.5, 0.6) is 28.7 Å². The van der Waals surface area contributed by atoms with E-state index in [1.807, 2.05) is 19.1 Å². The lowest BCUT2D eigenvalue weighted by Crippen LogP contribution is -2.36. The van der Waals surface area contributed by atoms with E-state index in [4.69, 9.17) is 99.5 Å². The quantitative estimate of drug-likeness (QED) is 0.00863. The van der Waals surface area contributed by atoms with Crippen LogP contribution in [-0.4, -0.2) is 220 Å². The van der Waals surface area contributed by atoms with Crippen LogP contribution in [0.3, 0.4) is 0 Å². The Balaban J connectivity index is 0.000000247. The molecule has 36 nitrogen and oxygen atoms in total. The maximum absolute atomic E-state index is 12.9. The van der Waals surface area contributed by atoms with Gasteiger partial charge in [0.05, 0.1) is 120 Å². The van der Waals surface area contributed by atoms with Crippen LogP contribution < -0.4 is 23.7 Å². The molecule has 0 saturated carbocycles. The largest absolute Gasteiger partial charge is 0.513 e. The van der Waals surface area contributed by atoms with Gasteiger partial charge in [-0.05, 0) is 192 Å². The molecule has 36 heteroatoms. The molecule has 124 heavy (non-hydrogen) atoms. The minimum absolute atomic E-state index is 0.0176. The molecule has 0 bridgehead atoms. The molecule has 6 aromatic carbocycles. The Morgan fingerprint density at radius 1 is 0.274 bits per heavy atom. The summed E-state index contributed by atoms with van der Waals surface area (Å²) in [6, 6.07) is 35.6. The van der Waals surface area contributed by atoms with E-state index in [1.54, 1.807) is 12.1 Å². The van der Waals surface area contributed by atoms with E-state index in [1.165, 1.54) is 128 Å². The summed E-state index contributed by atoms with van der Waals surface area (Å²) in [6.45, 7) is 16.4. The molecule has 8 atom stereocenters. The zero-order chi connectivity index (χ0) is 89.1. The lowest BCUT2D eigenvalue weighted by Gasteiger charge is -2.17. The number of unbranched alkanes of at least 4 members (excludes halogenated alkanes) is 4. The molecule has 4 fully saturated rings. The fraction of sp³-hybridized carbons (Fsp3) is 0.341. The van der Waals surface area contributed by atoms with E-state index in [2.05, 4.69) is 31.1 Å². The van der Waals surface area contributed by atoms with Crippen LogP contribution in [0.1, 0.15) is 119 Å². The van der Waals surface area contributed by atoms with Crippen LogP contribution in [0.2, 0.25) is 0 Å². The Labute approximate surface area is 710 Å². The molecule has 0 aliphatic carbocycles. The third-order valence-electron chi connectivity index (χ3n) is 17.6. The van der Waals surface area contributed by atoms with Crippen molar-refractivity contribution in [2.45, 2.75) is 107 Å². The van der Waals surface area contributed by atoms with Crippen LogP contribution in [0, 0.1) is 6.92 Å². The summed E-state index contributed by atoms with van der Waals surface area (Å²) < 4.78 is 115. The molecule has 4 unspecified atom stereocenters. The van der Waals surface area contributed by atoms with E-state index < -0.39 is 133 Å². The van der Waals surface area contributed by atoms with Gasteiger partial charge in [0.2, 0.25) is 0 Å². The first kappa shape index (κ1) is 95.4. The van der Waals surface area contributed by atoms with Crippen molar-refractivity contribution in [3.63, 3.8) is 0 Å². The van der Waals surface area contributed by atoms with Gasteiger partial charge in [0, 0.05) is 24.3 Å². The van der Waals surface area contributed by atoms with Crippen molar-refractivity contribution in [2.24, 2.45) is 0 Å². The smallest absolute Gasteiger partial charge is 0.465 e. The third kappa shape index (κ3) is 32.1. The van der Waals surface area contributed by atoms with Crippen LogP contribution in [-0.2, 0) is 99.7 Å². The van der Waals surface area contributed by atoms with E-state index in [0.717, 1.165) is 29.9 Å². The first-order valence-corrected chi connectivity index (χ1v) is 38.7. The van der Waals surface area contributed by atoms with Crippen molar-refractivity contribution in [2.75, 3.05) is 86.4 Å². The van der Waals surface area contributed by atoms with Gasteiger partial charge in [0.25, 0.3) is 0 Å². The number of hydrogen-bond donors (Lipinski definition) is 0. The highest BCUT2D eigenvalue weighted by molar-refractivity contribution is 5.94. The summed E-state index contributed by atoms with van der Waals surface area (Å²) in [5.74, 6) is -4.76. The molecule has 0 amide bonds. The van der Waals surface area contributed by atoms with Gasteiger partial charge in [0.15, 0.2) is 24.4 Å². The van der Waals surface area contributed by atoms with Crippen LogP contribution >= 0.6 is 0 Å². The van der Waals surface area contributed by atoms with Gasteiger partial charge >= 0.3 is 84.3 Å². The number of aryl methyl sites for hydroxylation is 1. The predicted octanol–water partition coefficient (Wildman–Crippen LogP) is 11.6. The van der Waals surface area contributed by atoms with Crippen LogP contribution in [0.15, 0.2) is 196 Å². The number of fused-ring (bicyclic) bond motifs is 2. The Bertz CT molecular complexity index is 4520. The third-order valence-corrected chi connectivity index (χ3v) is 17.6. The number of rotatable bonds is 39. The van der Waals surface area contributed by atoms with Gasteiger partial charge in [-0.3, -0.25) is 0 Å². The molecule has 4 aliphatic heterocycles. The van der Waals surface area contributed by atoms with Gasteiger partial charge in [-0.2, -0.15) is 0 Å². The minimum atomic E-state index is -0.930. The SMILES string of the molecule is C=CC(=O)OCCCCOC(=O)Oc1ccc(C(=O)OC)cc1.C=CC(=O)OCCCCOC(=O)Oc1ccc(C(=O)O[C@@H]2COC3C2OC[C@H]3OC(=O)c2ccc(OC(=O)OCCCCOC(=O)C=C)cc2)cc1.C=CC(=O)OCCCCOC(=O)Oc1ccc(C(=O)Oc2ccc(C(=O)O[C@@H]3COC4C3OC[C@H]4OC(=O)c3ccc(C)cc3)cc2)cc1. The number of carbonyl (C=O) groups excluding carboxylic acids is 14. The molecule has 4 aliphatic rings. The molecule has 4 heterocycles. The van der Waals surface area contributed by atoms with Gasteiger partial charge < -0.3 is 104 Å². The average Bonchev–Trinajstić information content (AvgIpc) is 1.65. The number of esters is 10. The zero-order valence-corrected chi connectivity index (χ0v) is 67.5. The fourth-order valence-electron chi connectivity index (χ4n) is 11.2. The first-order chi connectivity index (χ1) is 59.9. The van der Waals surface area contributed by atoms with Crippen molar-refractivity contribution in [1.82, 2.24) is 0 Å². The Morgan fingerprint density at radius 2 is 0.468 bits per heavy atom. The molecule has 4 saturated heterocycles. The van der Waals surface area contributed by atoms with Crippen molar-refractivity contribution in [3.8, 4) is 28.7 Å². The summed E-state index contributed by atoms with van der Waals surface area (Å²) >= 11 is 0. The van der Waals surface area contributed by atoms with Gasteiger partial charge in [-0.15, -0.1) is 0 Å². The van der Waals surface area contributed by atoms with E-state index in [-0.39, 0.29) is 130 Å². The molecule has 658 valence electrons. The summed E-state index contributed by atoms with van der Waals surface area (Å²) in [5, 5.41) is 0. The standard InChI is InChI=1S/C36H38O16.C36H34O13.C16H18O7/c1-3-29(37)43-17-5-7-19-45-35(41)49-25-13-9-23(10-14-25)33(39)51-27-21-47-32-28(22-48-31(27)32)52-34(40)24-11-15-26(16-12-24)50-36(42)46-20-8-6-18-44-30(38)4-2;1-3-30(37)42-18-4-5-19-43-36(41)47-27-16-12-24(13-17-27)33(38)46-26-14-10-25(11-15-26)35(40)49-29-21-45-31-28(20-44-32(29)31)48-34(39)23-8-6-22(2)7-9-23;1-3-14(17)21-10-4-5-11-22-16(19)23-13-8-6-12(7-9-13)15(18)20-2/h3-4,9-16,27-28,31-32H,1-2,5-8,17-22H2;3,6-17,28-29,31-32H,1,4-5,18-21H2,2H3;3,6-9H,1,4-5,10-11H2,2H3/t27-,28-,31?,32?;28-,29-,31?,32?;/m11./s1. The minimum Gasteiger partial charge on any atom is -0.465 e. The second-order valence-corrected chi connectivity index (χ2v) is 26.5. The summed E-state index contributed by atoms with van der Waals surface area (Å²) in [7, 11) is 1.28. The molecule has 10 rings (SSSR count). The summed E-state index contributed by atoms with van der Waals surface area (Å²) in [4.78, 5) is 166. The topological polar surface area (TPSA) is 442 Å². The number of carbonyl (C=O) groups is 14. The predicted molar refractivity (Wildman–Crippen MR) is 425 cm³/mol. The van der Waals surface area contributed by atoms with Gasteiger partial charge in [-0.25, -0.2) is 67.1 Å². The lowest BCUT2D eigenvalue weighted by atomic mass is 10.1. The number of methoxy groups -OCH3 is 1. The first-order valence-electron chi connectivity index (χ1n) is 38.7. The second kappa shape index (κ2) is 50.9. The zero-order valence-electron chi connectivity index (χ0n) is 67.5. The summed E-state index contributed by atoms with van der Waals surface area (Å²) in [5.41, 5.74) is 2.56. The van der Waals surface area contributed by atoms with Crippen LogP contribution in [0.4, 0.5) is 19.2 Å². The molecule has 0 aromatic heterocycles. The Kier molecular flexibility index (Phi) is 39.1. The van der Waals surface area contributed by atoms with E-state index in [0.29, 0.717) is 62.5 Å². The lowest BCUT2D eigenvalue weighted by molar-refractivity contribution is -0.138. The highest BCUT2D eigenvalue weighted by atomic mass is 16.7. The second-order valence-electron chi connectivity index (χ2n) is 26.5. The number of ether oxygens (including phenoxy) is 22. The maximum atomic E-state index is 12.9. The number of hydrogen-bond acceptors (Lipinski definition) is 36. The van der Waals surface area contributed by atoms with Crippen LogP contribution in [0.25, 0.3) is 0 Å².